The zero-order valence-electron chi connectivity index (χ0n) is 9.74. The molecule has 1 aromatic heterocycles. The highest BCUT2D eigenvalue weighted by Crippen LogP contribution is 2.19. The zero-order valence-corrected chi connectivity index (χ0v) is 10.6. The minimum atomic E-state index is -2.27. The van der Waals surface area contributed by atoms with Gasteiger partial charge in [0.1, 0.15) is 0 Å². The third kappa shape index (κ3) is 3.27. The summed E-state index contributed by atoms with van der Waals surface area (Å²) in [6.45, 7) is 1.23. The molecule has 96 valence electrons. The third-order valence-corrected chi connectivity index (χ3v) is 3.59. The number of hydrogen-bond donors (Lipinski definition) is 0. The minimum absolute atomic E-state index is 0.192. The van der Waals surface area contributed by atoms with Crippen LogP contribution >= 0.6 is 0 Å². The van der Waals surface area contributed by atoms with E-state index < -0.39 is 11.3 Å². The highest BCUT2D eigenvalue weighted by molar-refractivity contribution is 7.80. The van der Waals surface area contributed by atoms with Crippen LogP contribution < -0.4 is 4.31 Å². The van der Waals surface area contributed by atoms with Crippen molar-refractivity contribution in [3.05, 3.63) is 12.4 Å². The second-order valence-electron chi connectivity index (χ2n) is 4.12. The van der Waals surface area contributed by atoms with Crippen LogP contribution in [0.4, 0.5) is 5.69 Å². The number of aryl methyl sites for hydroxylation is 1. The molecule has 0 radical (unpaired) electrons. The Morgan fingerprint density at radius 3 is 3.12 bits per heavy atom. The molecule has 0 aliphatic carbocycles. The van der Waals surface area contributed by atoms with E-state index in [4.69, 9.17) is 4.74 Å². The fourth-order valence-electron chi connectivity index (χ4n) is 1.96. The Bertz CT molecular complexity index is 390. The second kappa shape index (κ2) is 5.61. The Morgan fingerprint density at radius 2 is 2.59 bits per heavy atom. The molecule has 1 fully saturated rings. The summed E-state index contributed by atoms with van der Waals surface area (Å²) in [7, 11) is 1.76. The molecule has 1 unspecified atom stereocenters. The van der Waals surface area contributed by atoms with Crippen molar-refractivity contribution >= 4 is 17.0 Å². The number of anilines is 1. The number of ether oxygens (including phenoxy) is 1. The molecular weight excluding hydrogens is 242 g/mol. The number of nitrogens with zero attached hydrogens (tertiary/aromatic N) is 3. The highest BCUT2D eigenvalue weighted by atomic mass is 32.2. The van der Waals surface area contributed by atoms with Crippen LogP contribution in [0, 0.1) is 0 Å². The van der Waals surface area contributed by atoms with E-state index in [0.717, 1.165) is 25.9 Å². The van der Waals surface area contributed by atoms with Crippen LogP contribution in [0.2, 0.25) is 0 Å². The van der Waals surface area contributed by atoms with Gasteiger partial charge in [-0.3, -0.25) is 13.2 Å². The molecule has 2 heterocycles. The van der Waals surface area contributed by atoms with Crippen molar-refractivity contribution in [3.63, 3.8) is 0 Å². The number of rotatable bonds is 5. The largest absolute Gasteiger partial charge is 0.755 e. The van der Waals surface area contributed by atoms with Crippen LogP contribution in [0.3, 0.4) is 0 Å². The van der Waals surface area contributed by atoms with Gasteiger partial charge in [-0.15, -0.1) is 0 Å². The van der Waals surface area contributed by atoms with Crippen molar-refractivity contribution < 1.29 is 13.5 Å². The maximum atomic E-state index is 11.2. The first kappa shape index (κ1) is 12.5. The normalized spacial score (nSPS) is 21.6. The Balaban J connectivity index is 1.95. The number of hydrogen-bond acceptors (Lipinski definition) is 4. The average Bonchev–Trinajstić information content (AvgIpc) is 2.90. The molecule has 0 amide bonds. The summed E-state index contributed by atoms with van der Waals surface area (Å²) >= 11 is -2.27. The molecule has 0 bridgehead atoms. The maximum absolute atomic E-state index is 11.2. The fraction of sp³-hybridized carbons (Fsp3) is 0.700. The predicted molar refractivity (Wildman–Crippen MR) is 63.1 cm³/mol. The molecule has 0 aromatic carbocycles. The minimum Gasteiger partial charge on any atom is -0.755 e. The second-order valence-corrected chi connectivity index (χ2v) is 4.99. The Hall–Kier alpha value is -0.920. The maximum Gasteiger partial charge on any atom is 0.0862 e. The van der Waals surface area contributed by atoms with Gasteiger partial charge in [0.15, 0.2) is 0 Å². The van der Waals surface area contributed by atoms with E-state index in [9.17, 15) is 8.76 Å². The standard InChI is InChI=1S/C10H17N3O3S/c1-12-8-9(7-11-12)13(17(14)15)5-4-10-3-2-6-16-10/h7-8,10H,2-6H2,1H3,(H,14,15)/p-1/t10-/m1/s1. The van der Waals surface area contributed by atoms with E-state index in [2.05, 4.69) is 5.10 Å². The van der Waals surface area contributed by atoms with Gasteiger partial charge in [-0.05, 0) is 19.3 Å². The monoisotopic (exact) mass is 258 g/mol. The molecule has 0 spiro atoms. The van der Waals surface area contributed by atoms with Crippen LogP contribution in [0.15, 0.2) is 12.4 Å². The van der Waals surface area contributed by atoms with Crippen molar-refractivity contribution in [2.75, 3.05) is 17.5 Å². The van der Waals surface area contributed by atoms with Gasteiger partial charge in [0.05, 0.1) is 18.0 Å². The van der Waals surface area contributed by atoms with Crippen LogP contribution in [0.5, 0.6) is 0 Å². The van der Waals surface area contributed by atoms with Crippen LogP contribution in [-0.2, 0) is 23.1 Å². The van der Waals surface area contributed by atoms with Crippen molar-refractivity contribution in [1.82, 2.24) is 9.78 Å². The first-order valence-electron chi connectivity index (χ1n) is 5.64. The first-order chi connectivity index (χ1) is 8.16. The van der Waals surface area contributed by atoms with Crippen molar-refractivity contribution in [3.8, 4) is 0 Å². The van der Waals surface area contributed by atoms with Gasteiger partial charge in [0.2, 0.25) is 0 Å². The molecular formula is C10H16N3O3S-. The number of aromatic nitrogens is 2. The summed E-state index contributed by atoms with van der Waals surface area (Å²) in [5.74, 6) is 0. The molecule has 0 saturated carbocycles. The molecule has 6 nitrogen and oxygen atoms in total. The molecule has 1 aliphatic heterocycles. The lowest BCUT2D eigenvalue weighted by atomic mass is 10.2. The van der Waals surface area contributed by atoms with Crippen LogP contribution in [-0.4, -0.2) is 37.8 Å². The van der Waals surface area contributed by atoms with Crippen LogP contribution in [0.25, 0.3) is 0 Å². The summed E-state index contributed by atoms with van der Waals surface area (Å²) < 4.78 is 30.7. The lowest BCUT2D eigenvalue weighted by Crippen LogP contribution is -2.28. The Labute approximate surface area is 103 Å². The highest BCUT2D eigenvalue weighted by Gasteiger charge is 2.18. The van der Waals surface area contributed by atoms with Gasteiger partial charge in [-0.1, -0.05) is 0 Å². The molecule has 0 N–H and O–H groups in total. The van der Waals surface area contributed by atoms with E-state index in [-0.39, 0.29) is 6.10 Å². The lowest BCUT2D eigenvalue weighted by molar-refractivity contribution is 0.106. The quantitative estimate of drug-likeness (QED) is 0.725. The Kier molecular flexibility index (Phi) is 4.14. The van der Waals surface area contributed by atoms with Gasteiger partial charge in [0, 0.05) is 37.7 Å². The van der Waals surface area contributed by atoms with E-state index in [0.29, 0.717) is 12.2 Å². The molecule has 1 aliphatic rings. The van der Waals surface area contributed by atoms with E-state index in [1.54, 1.807) is 24.1 Å². The fourth-order valence-corrected chi connectivity index (χ4v) is 2.48. The summed E-state index contributed by atoms with van der Waals surface area (Å²) in [5, 5.41) is 3.97. The zero-order chi connectivity index (χ0) is 12.3. The summed E-state index contributed by atoms with van der Waals surface area (Å²) in [5.41, 5.74) is 0.596. The van der Waals surface area contributed by atoms with Gasteiger partial charge in [-0.2, -0.15) is 5.10 Å². The Morgan fingerprint density at radius 1 is 1.76 bits per heavy atom. The van der Waals surface area contributed by atoms with E-state index >= 15 is 0 Å². The molecule has 7 heteroatoms. The van der Waals surface area contributed by atoms with E-state index in [1.165, 1.54) is 4.31 Å². The van der Waals surface area contributed by atoms with Gasteiger partial charge in [0.25, 0.3) is 0 Å². The SMILES string of the molecule is Cn1cc(N(CC[C@H]2CCCO2)S(=O)[O-])cn1. The molecule has 1 aromatic rings. The smallest absolute Gasteiger partial charge is 0.0862 e. The van der Waals surface area contributed by atoms with Gasteiger partial charge >= 0.3 is 0 Å². The van der Waals surface area contributed by atoms with Crippen molar-refractivity contribution in [2.45, 2.75) is 25.4 Å². The summed E-state index contributed by atoms with van der Waals surface area (Å²) in [6.07, 6.45) is 6.24. The molecule has 2 atom stereocenters. The van der Waals surface area contributed by atoms with Gasteiger partial charge < -0.3 is 9.29 Å². The molecule has 2 rings (SSSR count). The molecule has 1 saturated heterocycles. The van der Waals surface area contributed by atoms with Gasteiger partial charge in [-0.25, -0.2) is 0 Å². The van der Waals surface area contributed by atoms with Crippen molar-refractivity contribution in [1.29, 1.82) is 0 Å². The van der Waals surface area contributed by atoms with E-state index in [1.807, 2.05) is 0 Å². The summed E-state index contributed by atoms with van der Waals surface area (Å²) in [6, 6.07) is 0. The molecule has 17 heavy (non-hydrogen) atoms. The first-order valence-corrected chi connectivity index (χ1v) is 6.67. The average molecular weight is 258 g/mol. The third-order valence-electron chi connectivity index (χ3n) is 2.84. The van der Waals surface area contributed by atoms with Crippen molar-refractivity contribution in [2.24, 2.45) is 7.05 Å². The van der Waals surface area contributed by atoms with Crippen LogP contribution in [0.1, 0.15) is 19.3 Å². The lowest BCUT2D eigenvalue weighted by Gasteiger charge is -2.25. The summed E-state index contributed by atoms with van der Waals surface area (Å²) in [4.78, 5) is 0. The topological polar surface area (TPSA) is 70.4 Å². The predicted octanol–water partition coefficient (Wildman–Crippen LogP) is 0.590.